The topological polar surface area (TPSA) is 237 Å². The van der Waals surface area contributed by atoms with E-state index in [0.717, 1.165) is 6.92 Å². The summed E-state index contributed by atoms with van der Waals surface area (Å²) in [6.45, 7) is 4.71. The van der Waals surface area contributed by atoms with Gasteiger partial charge in [-0.05, 0) is 19.3 Å². The Morgan fingerprint density at radius 2 is 1.59 bits per heavy atom. The lowest BCUT2D eigenvalue weighted by molar-refractivity contribution is -0.146. The number of nitrogens with one attached hydrogen (secondary N) is 4. The van der Waals surface area contributed by atoms with Crippen LogP contribution in [0.2, 0.25) is 0 Å². The standard InChI is InChI=1S/C20H32N6O8/c1-9(2)4-13(24-17(30)12(21)5-11-7-22-8-23-11)18(31)25-14(6-15(28)29)19(32)26-16(10(3)27)20(33)34/h7-10,12-14,16,27H,4-6,21H2,1-3H3,(H,22,23)(H,24,30)(H,25,31)(H,26,32)(H,28,29)(H,33,34). The molecule has 0 bridgehead atoms. The molecule has 1 aromatic heterocycles. The van der Waals surface area contributed by atoms with E-state index in [2.05, 4.69) is 20.6 Å². The van der Waals surface area contributed by atoms with Crippen molar-refractivity contribution in [2.45, 2.75) is 70.3 Å². The third-order valence-electron chi connectivity index (χ3n) is 4.73. The fraction of sp³-hybridized carbons (Fsp3) is 0.600. The normalized spacial score (nSPS) is 15.5. The Balaban J connectivity index is 2.95. The summed E-state index contributed by atoms with van der Waals surface area (Å²) < 4.78 is 0. The largest absolute Gasteiger partial charge is 0.481 e. The lowest BCUT2D eigenvalue weighted by Crippen LogP contribution is -2.59. The van der Waals surface area contributed by atoms with Crippen molar-refractivity contribution >= 4 is 29.7 Å². The predicted molar refractivity (Wildman–Crippen MR) is 117 cm³/mol. The second-order valence-electron chi connectivity index (χ2n) is 8.30. The number of imidazole rings is 1. The number of aromatic amines is 1. The van der Waals surface area contributed by atoms with Gasteiger partial charge < -0.3 is 42.0 Å². The molecule has 0 aliphatic heterocycles. The van der Waals surface area contributed by atoms with E-state index >= 15 is 0 Å². The lowest BCUT2D eigenvalue weighted by atomic mass is 10.0. The average Bonchev–Trinajstić information content (AvgIpc) is 3.22. The molecule has 5 unspecified atom stereocenters. The summed E-state index contributed by atoms with van der Waals surface area (Å²) in [5.41, 5.74) is 6.51. The molecule has 14 nitrogen and oxygen atoms in total. The Morgan fingerprint density at radius 3 is 2.06 bits per heavy atom. The SMILES string of the molecule is CC(C)CC(NC(=O)C(N)Cc1cnc[nH]1)C(=O)NC(CC(=O)O)C(=O)NC(C(=O)O)C(C)O. The number of aliphatic carboxylic acids is 2. The summed E-state index contributed by atoms with van der Waals surface area (Å²) in [5, 5.41) is 34.6. The summed E-state index contributed by atoms with van der Waals surface area (Å²) in [6.07, 6.45) is 0.869. The zero-order chi connectivity index (χ0) is 26.0. The number of aliphatic hydroxyl groups excluding tert-OH is 1. The smallest absolute Gasteiger partial charge is 0.328 e. The molecule has 1 rings (SSSR count). The molecule has 3 amide bonds. The molecule has 0 radical (unpaired) electrons. The minimum absolute atomic E-state index is 0.0711. The minimum Gasteiger partial charge on any atom is -0.481 e. The van der Waals surface area contributed by atoms with E-state index in [1.165, 1.54) is 12.5 Å². The Morgan fingerprint density at radius 1 is 1.00 bits per heavy atom. The molecule has 14 heteroatoms. The molecule has 0 fully saturated rings. The van der Waals surface area contributed by atoms with Gasteiger partial charge in [0.25, 0.3) is 0 Å². The predicted octanol–water partition coefficient (Wildman–Crippen LogP) is -2.28. The highest BCUT2D eigenvalue weighted by Gasteiger charge is 2.33. The van der Waals surface area contributed by atoms with Crippen LogP contribution in [0, 0.1) is 5.92 Å². The molecule has 0 saturated carbocycles. The van der Waals surface area contributed by atoms with Crippen molar-refractivity contribution in [2.75, 3.05) is 0 Å². The number of amides is 3. The number of hydrogen-bond acceptors (Lipinski definition) is 8. The number of carboxylic acids is 2. The van der Waals surface area contributed by atoms with Gasteiger partial charge in [-0.3, -0.25) is 19.2 Å². The van der Waals surface area contributed by atoms with Crippen LogP contribution in [0.25, 0.3) is 0 Å². The molecule has 9 N–H and O–H groups in total. The zero-order valence-electron chi connectivity index (χ0n) is 19.1. The number of aromatic nitrogens is 2. The van der Waals surface area contributed by atoms with Crippen LogP contribution in [0.1, 0.15) is 39.3 Å². The first-order chi connectivity index (χ1) is 15.8. The third-order valence-corrected chi connectivity index (χ3v) is 4.73. The van der Waals surface area contributed by atoms with Crippen molar-refractivity contribution in [1.82, 2.24) is 25.9 Å². The highest BCUT2D eigenvalue weighted by atomic mass is 16.4. The Bertz CT molecular complexity index is 857. The van der Waals surface area contributed by atoms with Crippen molar-refractivity contribution < 1.29 is 39.3 Å². The molecule has 0 aliphatic carbocycles. The zero-order valence-corrected chi connectivity index (χ0v) is 19.1. The second kappa shape index (κ2) is 13.3. The molecule has 0 aromatic carbocycles. The van der Waals surface area contributed by atoms with E-state index in [9.17, 15) is 29.1 Å². The monoisotopic (exact) mass is 484 g/mol. The van der Waals surface area contributed by atoms with Gasteiger partial charge in [-0.25, -0.2) is 9.78 Å². The molecule has 0 spiro atoms. The van der Waals surface area contributed by atoms with Crippen LogP contribution in [0.4, 0.5) is 0 Å². The van der Waals surface area contributed by atoms with Crippen molar-refractivity contribution in [1.29, 1.82) is 0 Å². The van der Waals surface area contributed by atoms with Gasteiger partial charge in [-0.15, -0.1) is 0 Å². The van der Waals surface area contributed by atoms with Crippen molar-refractivity contribution in [3.05, 3.63) is 18.2 Å². The summed E-state index contributed by atoms with van der Waals surface area (Å²) in [7, 11) is 0. The number of rotatable bonds is 14. The van der Waals surface area contributed by atoms with Crippen LogP contribution in [-0.2, 0) is 30.4 Å². The molecule has 190 valence electrons. The van der Waals surface area contributed by atoms with Crippen molar-refractivity contribution in [3.63, 3.8) is 0 Å². The van der Waals surface area contributed by atoms with Crippen LogP contribution < -0.4 is 21.7 Å². The van der Waals surface area contributed by atoms with Gasteiger partial charge in [-0.1, -0.05) is 13.8 Å². The van der Waals surface area contributed by atoms with E-state index in [4.69, 9.17) is 15.9 Å². The van der Waals surface area contributed by atoms with E-state index in [0.29, 0.717) is 5.69 Å². The van der Waals surface area contributed by atoms with Crippen LogP contribution >= 0.6 is 0 Å². The van der Waals surface area contributed by atoms with Crippen LogP contribution in [0.3, 0.4) is 0 Å². The average molecular weight is 485 g/mol. The van der Waals surface area contributed by atoms with E-state index in [-0.39, 0.29) is 18.8 Å². The maximum Gasteiger partial charge on any atom is 0.328 e. The number of carboxylic acid groups (broad SMARTS) is 2. The fourth-order valence-corrected chi connectivity index (χ4v) is 3.01. The first kappa shape index (κ1) is 28.5. The molecule has 0 saturated heterocycles. The first-order valence-electron chi connectivity index (χ1n) is 10.6. The van der Waals surface area contributed by atoms with E-state index < -0.39 is 66.4 Å². The summed E-state index contributed by atoms with van der Waals surface area (Å²) in [4.78, 5) is 67.0. The highest BCUT2D eigenvalue weighted by Crippen LogP contribution is 2.08. The molecular weight excluding hydrogens is 452 g/mol. The number of aliphatic hydroxyl groups is 1. The molecule has 0 aliphatic rings. The summed E-state index contributed by atoms with van der Waals surface area (Å²) >= 11 is 0. The summed E-state index contributed by atoms with van der Waals surface area (Å²) in [5.74, 6) is -5.65. The quantitative estimate of drug-likeness (QED) is 0.141. The highest BCUT2D eigenvalue weighted by molar-refractivity contribution is 5.95. The number of H-pyrrole nitrogens is 1. The molecule has 34 heavy (non-hydrogen) atoms. The molecular formula is C20H32N6O8. The van der Waals surface area contributed by atoms with Gasteiger partial charge in [0.2, 0.25) is 17.7 Å². The van der Waals surface area contributed by atoms with Crippen LogP contribution in [0.15, 0.2) is 12.5 Å². The second-order valence-corrected chi connectivity index (χ2v) is 8.30. The number of carbonyl (C=O) groups is 5. The molecule has 1 aromatic rings. The van der Waals surface area contributed by atoms with Gasteiger partial charge >= 0.3 is 11.9 Å². The van der Waals surface area contributed by atoms with E-state index in [1.54, 1.807) is 13.8 Å². The number of nitrogens with two attached hydrogens (primary N) is 1. The van der Waals surface area contributed by atoms with Gasteiger partial charge in [0, 0.05) is 18.3 Å². The molecule has 1 heterocycles. The molecule has 5 atom stereocenters. The fourth-order valence-electron chi connectivity index (χ4n) is 3.01. The number of carbonyl (C=O) groups excluding carboxylic acids is 3. The lowest BCUT2D eigenvalue weighted by Gasteiger charge is -2.26. The maximum atomic E-state index is 12.9. The first-order valence-corrected chi connectivity index (χ1v) is 10.6. The van der Waals surface area contributed by atoms with Gasteiger partial charge in [0.05, 0.1) is 24.9 Å². The Labute approximate surface area is 195 Å². The number of nitrogens with zero attached hydrogens (tertiary/aromatic N) is 1. The minimum atomic E-state index is -1.72. The van der Waals surface area contributed by atoms with Gasteiger partial charge in [-0.2, -0.15) is 0 Å². The number of hydrogen-bond donors (Lipinski definition) is 8. The van der Waals surface area contributed by atoms with Gasteiger partial charge in [0.15, 0.2) is 6.04 Å². The van der Waals surface area contributed by atoms with E-state index in [1.807, 2.05) is 5.32 Å². The van der Waals surface area contributed by atoms with Gasteiger partial charge in [0.1, 0.15) is 12.1 Å². The van der Waals surface area contributed by atoms with Crippen molar-refractivity contribution in [3.8, 4) is 0 Å². The van der Waals surface area contributed by atoms with Crippen LogP contribution in [-0.4, -0.2) is 85.2 Å². The maximum absolute atomic E-state index is 12.9. The van der Waals surface area contributed by atoms with Crippen LogP contribution in [0.5, 0.6) is 0 Å². The summed E-state index contributed by atoms with van der Waals surface area (Å²) in [6, 6.07) is -5.52. The Hall–Kier alpha value is -3.52. The van der Waals surface area contributed by atoms with Crippen molar-refractivity contribution in [2.24, 2.45) is 11.7 Å². The third kappa shape index (κ3) is 9.54. The Kier molecular flexibility index (Phi) is 11.1.